The van der Waals surface area contributed by atoms with Crippen LogP contribution in [0.15, 0.2) is 54.6 Å². The quantitative estimate of drug-likeness (QED) is 0.837. The number of likely N-dealkylation sites (N-methyl/N-ethyl adjacent to an activating group) is 1. The maximum absolute atomic E-state index is 11.9. The molecule has 1 heterocycles. The molecule has 2 unspecified atom stereocenters. The van der Waals surface area contributed by atoms with Crippen molar-refractivity contribution in [2.24, 2.45) is 5.92 Å². The highest BCUT2D eigenvalue weighted by atomic mass is 16.2. The fourth-order valence-corrected chi connectivity index (χ4v) is 3.15. The second kappa shape index (κ2) is 5.72. The highest BCUT2D eigenvalue weighted by Crippen LogP contribution is 2.26. The SMILES string of the molecule is CC1CC(Cc2ccc(-c3ccccc3)cc2)N(C)C1=O. The Labute approximate surface area is 126 Å². The molecular weight excluding hydrogens is 258 g/mol. The van der Waals surface area contributed by atoms with Crippen LogP contribution in [0.2, 0.25) is 0 Å². The minimum Gasteiger partial charge on any atom is -0.342 e. The Morgan fingerprint density at radius 3 is 2.19 bits per heavy atom. The van der Waals surface area contributed by atoms with Crippen molar-refractivity contribution in [1.82, 2.24) is 4.90 Å². The lowest BCUT2D eigenvalue weighted by Crippen LogP contribution is -2.30. The van der Waals surface area contributed by atoms with E-state index in [-0.39, 0.29) is 11.8 Å². The molecule has 3 rings (SSSR count). The van der Waals surface area contributed by atoms with E-state index >= 15 is 0 Å². The van der Waals surface area contributed by atoms with E-state index in [1.807, 2.05) is 24.9 Å². The van der Waals surface area contributed by atoms with E-state index in [2.05, 4.69) is 48.5 Å². The molecule has 21 heavy (non-hydrogen) atoms. The van der Waals surface area contributed by atoms with E-state index in [4.69, 9.17) is 0 Å². The van der Waals surface area contributed by atoms with Crippen molar-refractivity contribution in [3.8, 4) is 11.1 Å². The van der Waals surface area contributed by atoms with E-state index < -0.39 is 0 Å². The molecular formula is C19H21NO. The first-order chi connectivity index (χ1) is 10.1. The predicted molar refractivity (Wildman–Crippen MR) is 85.9 cm³/mol. The van der Waals surface area contributed by atoms with Crippen LogP contribution in [0.1, 0.15) is 18.9 Å². The maximum Gasteiger partial charge on any atom is 0.225 e. The summed E-state index contributed by atoms with van der Waals surface area (Å²) in [6.07, 6.45) is 1.91. The molecule has 108 valence electrons. The molecule has 0 spiro atoms. The Morgan fingerprint density at radius 2 is 1.62 bits per heavy atom. The van der Waals surface area contributed by atoms with Crippen LogP contribution < -0.4 is 0 Å². The Hall–Kier alpha value is -2.09. The zero-order valence-corrected chi connectivity index (χ0v) is 12.6. The van der Waals surface area contributed by atoms with Crippen molar-refractivity contribution in [3.05, 3.63) is 60.2 Å². The van der Waals surface area contributed by atoms with Crippen molar-refractivity contribution in [3.63, 3.8) is 0 Å². The Kier molecular flexibility index (Phi) is 3.78. The number of nitrogens with zero attached hydrogens (tertiary/aromatic N) is 1. The van der Waals surface area contributed by atoms with Gasteiger partial charge >= 0.3 is 0 Å². The van der Waals surface area contributed by atoms with Gasteiger partial charge in [-0.1, -0.05) is 61.5 Å². The summed E-state index contributed by atoms with van der Waals surface area (Å²) in [6.45, 7) is 2.03. The minimum absolute atomic E-state index is 0.170. The second-order valence-electron chi connectivity index (χ2n) is 6.01. The van der Waals surface area contributed by atoms with Crippen molar-refractivity contribution in [2.45, 2.75) is 25.8 Å². The third-order valence-electron chi connectivity index (χ3n) is 4.47. The molecule has 1 fully saturated rings. The number of carbonyl (C=O) groups excluding carboxylic acids is 1. The first kappa shape index (κ1) is 13.9. The van der Waals surface area contributed by atoms with Crippen LogP contribution in [-0.2, 0) is 11.2 Å². The first-order valence-corrected chi connectivity index (χ1v) is 7.56. The lowest BCUT2D eigenvalue weighted by molar-refractivity contribution is -0.130. The van der Waals surface area contributed by atoms with Crippen LogP contribution in [0.25, 0.3) is 11.1 Å². The van der Waals surface area contributed by atoms with Crippen molar-refractivity contribution >= 4 is 5.91 Å². The maximum atomic E-state index is 11.9. The van der Waals surface area contributed by atoms with Gasteiger partial charge in [-0.05, 0) is 29.5 Å². The molecule has 0 saturated carbocycles. The van der Waals surface area contributed by atoms with Gasteiger partial charge in [0.05, 0.1) is 0 Å². The summed E-state index contributed by atoms with van der Waals surface area (Å²) in [6, 6.07) is 19.5. The van der Waals surface area contributed by atoms with E-state index in [1.54, 1.807) is 0 Å². The predicted octanol–water partition coefficient (Wildman–Crippen LogP) is 3.76. The Morgan fingerprint density at radius 1 is 1.00 bits per heavy atom. The highest BCUT2D eigenvalue weighted by Gasteiger charge is 2.33. The topological polar surface area (TPSA) is 20.3 Å². The fraction of sp³-hybridized carbons (Fsp3) is 0.316. The average molecular weight is 279 g/mol. The average Bonchev–Trinajstić information content (AvgIpc) is 2.76. The lowest BCUT2D eigenvalue weighted by atomic mass is 9.98. The molecule has 2 aromatic rings. The van der Waals surface area contributed by atoms with E-state index in [0.717, 1.165) is 12.8 Å². The smallest absolute Gasteiger partial charge is 0.225 e. The van der Waals surface area contributed by atoms with Crippen molar-refractivity contribution < 1.29 is 4.79 Å². The number of carbonyl (C=O) groups is 1. The first-order valence-electron chi connectivity index (χ1n) is 7.56. The van der Waals surface area contributed by atoms with Crippen LogP contribution in [0.4, 0.5) is 0 Å². The number of likely N-dealkylation sites (tertiary alicyclic amines) is 1. The van der Waals surface area contributed by atoms with Gasteiger partial charge in [0, 0.05) is 19.0 Å². The van der Waals surface area contributed by atoms with Crippen molar-refractivity contribution in [2.75, 3.05) is 7.05 Å². The summed E-state index contributed by atoms with van der Waals surface area (Å²) in [5.41, 5.74) is 3.78. The summed E-state index contributed by atoms with van der Waals surface area (Å²) in [4.78, 5) is 13.8. The summed E-state index contributed by atoms with van der Waals surface area (Å²) in [7, 11) is 1.93. The third-order valence-corrected chi connectivity index (χ3v) is 4.47. The molecule has 1 aliphatic rings. The standard InChI is InChI=1S/C19H21NO/c1-14-12-18(20(2)19(14)21)13-15-8-10-17(11-9-15)16-6-4-3-5-7-16/h3-11,14,18H,12-13H2,1-2H3. The monoisotopic (exact) mass is 279 g/mol. The van der Waals surface area contributed by atoms with Gasteiger partial charge in [-0.15, -0.1) is 0 Å². The van der Waals surface area contributed by atoms with Gasteiger partial charge in [0.2, 0.25) is 5.91 Å². The zero-order valence-electron chi connectivity index (χ0n) is 12.6. The van der Waals surface area contributed by atoms with Gasteiger partial charge in [0.25, 0.3) is 0 Å². The minimum atomic E-state index is 0.170. The van der Waals surface area contributed by atoms with Crippen molar-refractivity contribution in [1.29, 1.82) is 0 Å². The molecule has 2 heteroatoms. The molecule has 0 bridgehead atoms. The van der Waals surface area contributed by atoms with Crippen LogP contribution in [-0.4, -0.2) is 23.9 Å². The molecule has 0 aliphatic carbocycles. The van der Waals surface area contributed by atoms with Gasteiger partial charge < -0.3 is 4.90 Å². The number of rotatable bonds is 3. The summed E-state index contributed by atoms with van der Waals surface area (Å²) in [5, 5.41) is 0. The molecule has 2 atom stereocenters. The molecule has 0 aromatic heterocycles. The summed E-state index contributed by atoms with van der Waals surface area (Å²) < 4.78 is 0. The van der Waals surface area contributed by atoms with E-state index in [1.165, 1.54) is 16.7 Å². The largest absolute Gasteiger partial charge is 0.342 e. The molecule has 0 N–H and O–H groups in total. The number of benzene rings is 2. The van der Waals surface area contributed by atoms with Gasteiger partial charge in [0.1, 0.15) is 0 Å². The second-order valence-corrected chi connectivity index (χ2v) is 6.01. The van der Waals surface area contributed by atoms with E-state index in [0.29, 0.717) is 6.04 Å². The molecule has 2 nitrogen and oxygen atoms in total. The van der Waals surface area contributed by atoms with E-state index in [9.17, 15) is 4.79 Å². The van der Waals surface area contributed by atoms with Crippen LogP contribution in [0.3, 0.4) is 0 Å². The number of hydrogen-bond acceptors (Lipinski definition) is 1. The van der Waals surface area contributed by atoms with Gasteiger partial charge in [-0.2, -0.15) is 0 Å². The Bertz CT molecular complexity index is 618. The lowest BCUT2D eigenvalue weighted by Gasteiger charge is -2.19. The van der Waals surface area contributed by atoms with Gasteiger partial charge in [-0.3, -0.25) is 4.79 Å². The van der Waals surface area contributed by atoms with Gasteiger partial charge in [-0.25, -0.2) is 0 Å². The summed E-state index contributed by atoms with van der Waals surface area (Å²) in [5.74, 6) is 0.449. The van der Waals surface area contributed by atoms with Crippen LogP contribution in [0.5, 0.6) is 0 Å². The molecule has 1 amide bonds. The normalized spacial score (nSPS) is 21.8. The fourth-order valence-electron chi connectivity index (χ4n) is 3.15. The summed E-state index contributed by atoms with van der Waals surface area (Å²) >= 11 is 0. The molecule has 0 radical (unpaired) electrons. The van der Waals surface area contributed by atoms with Crippen LogP contribution >= 0.6 is 0 Å². The molecule has 2 aromatic carbocycles. The third kappa shape index (κ3) is 2.85. The Balaban J connectivity index is 1.72. The highest BCUT2D eigenvalue weighted by molar-refractivity contribution is 5.80. The molecule has 1 saturated heterocycles. The van der Waals surface area contributed by atoms with Crippen LogP contribution in [0, 0.1) is 5.92 Å². The zero-order chi connectivity index (χ0) is 14.8. The number of amides is 1. The van der Waals surface area contributed by atoms with Gasteiger partial charge in [0.15, 0.2) is 0 Å². The molecule has 1 aliphatic heterocycles. The number of hydrogen-bond donors (Lipinski definition) is 0.